The second-order valence-electron chi connectivity index (χ2n) is 4.54. The fourth-order valence-corrected chi connectivity index (χ4v) is 1.97. The van der Waals surface area contributed by atoms with Crippen molar-refractivity contribution in [2.45, 2.75) is 33.1 Å². The van der Waals surface area contributed by atoms with E-state index < -0.39 is 0 Å². The molecule has 0 heterocycles. The number of para-hydroxylation sites is 1. The van der Waals surface area contributed by atoms with E-state index in [1.165, 1.54) is 0 Å². The minimum absolute atomic E-state index is 0.104. The summed E-state index contributed by atoms with van der Waals surface area (Å²) in [6, 6.07) is 7.90. The Kier molecular flexibility index (Phi) is 6.26. The van der Waals surface area contributed by atoms with E-state index in [0.29, 0.717) is 6.54 Å². The van der Waals surface area contributed by atoms with Gasteiger partial charge >= 0.3 is 0 Å². The summed E-state index contributed by atoms with van der Waals surface area (Å²) in [5.74, 6) is 1.13. The second-order valence-corrected chi connectivity index (χ2v) is 4.54. The summed E-state index contributed by atoms with van der Waals surface area (Å²) in [6.45, 7) is 4.73. The summed E-state index contributed by atoms with van der Waals surface area (Å²) in [5.41, 5.74) is 1.13. The molecule has 0 saturated heterocycles. The summed E-state index contributed by atoms with van der Waals surface area (Å²) in [6.07, 6.45) is 2.79. The molecule has 1 aromatic carbocycles. The molecule has 0 aliphatic carbocycles. The number of amides is 1. The van der Waals surface area contributed by atoms with Crippen LogP contribution in [0.3, 0.4) is 0 Å². The highest BCUT2D eigenvalue weighted by Gasteiger charge is 2.11. The first kappa shape index (κ1) is 14.6. The van der Waals surface area contributed by atoms with Gasteiger partial charge in [0.1, 0.15) is 5.75 Å². The van der Waals surface area contributed by atoms with E-state index in [2.05, 4.69) is 12.2 Å². The maximum atomic E-state index is 11.7. The Morgan fingerprint density at radius 2 is 2.11 bits per heavy atom. The summed E-state index contributed by atoms with van der Waals surface area (Å²) >= 11 is 0. The van der Waals surface area contributed by atoms with Crippen LogP contribution in [0.1, 0.15) is 32.3 Å². The van der Waals surface area contributed by atoms with E-state index in [1.807, 2.05) is 31.2 Å². The maximum absolute atomic E-state index is 11.7. The van der Waals surface area contributed by atoms with Crippen LogP contribution in [0.5, 0.6) is 5.75 Å². The molecule has 1 unspecified atom stereocenters. The SMILES string of the molecule is CCCC(C)C(=O)NCCc1ccccc1OC. The molecule has 1 rings (SSSR count). The van der Waals surface area contributed by atoms with E-state index in [4.69, 9.17) is 4.74 Å². The van der Waals surface area contributed by atoms with Crippen LogP contribution in [-0.4, -0.2) is 19.6 Å². The highest BCUT2D eigenvalue weighted by Crippen LogP contribution is 2.17. The minimum Gasteiger partial charge on any atom is -0.496 e. The number of hydrogen-bond donors (Lipinski definition) is 1. The van der Waals surface area contributed by atoms with Crippen LogP contribution in [0, 0.1) is 5.92 Å². The van der Waals surface area contributed by atoms with Crippen LogP contribution < -0.4 is 10.1 Å². The molecule has 18 heavy (non-hydrogen) atoms. The van der Waals surface area contributed by atoms with Gasteiger partial charge in [0.05, 0.1) is 7.11 Å². The first-order chi connectivity index (χ1) is 8.69. The van der Waals surface area contributed by atoms with Crippen LogP contribution in [0.25, 0.3) is 0 Å². The number of rotatable bonds is 7. The van der Waals surface area contributed by atoms with Gasteiger partial charge in [0.15, 0.2) is 0 Å². The average molecular weight is 249 g/mol. The Labute approximate surface area is 110 Å². The van der Waals surface area contributed by atoms with E-state index in [1.54, 1.807) is 7.11 Å². The summed E-state index contributed by atoms with van der Waals surface area (Å²) in [5, 5.41) is 2.97. The van der Waals surface area contributed by atoms with E-state index >= 15 is 0 Å². The molecular weight excluding hydrogens is 226 g/mol. The van der Waals surface area contributed by atoms with Gasteiger partial charge in [-0.2, -0.15) is 0 Å². The van der Waals surface area contributed by atoms with E-state index in [-0.39, 0.29) is 11.8 Å². The van der Waals surface area contributed by atoms with Gasteiger partial charge in [-0.1, -0.05) is 38.5 Å². The Morgan fingerprint density at radius 3 is 2.78 bits per heavy atom. The molecule has 1 atom stereocenters. The van der Waals surface area contributed by atoms with Gasteiger partial charge < -0.3 is 10.1 Å². The van der Waals surface area contributed by atoms with Crippen molar-refractivity contribution >= 4 is 5.91 Å². The van der Waals surface area contributed by atoms with Crippen molar-refractivity contribution in [2.75, 3.05) is 13.7 Å². The smallest absolute Gasteiger partial charge is 0.222 e. The number of hydrogen-bond acceptors (Lipinski definition) is 2. The van der Waals surface area contributed by atoms with E-state index in [0.717, 1.165) is 30.6 Å². The molecule has 1 N–H and O–H groups in total. The molecule has 1 amide bonds. The van der Waals surface area contributed by atoms with Crippen molar-refractivity contribution in [1.29, 1.82) is 0 Å². The lowest BCUT2D eigenvalue weighted by Gasteiger charge is -2.12. The molecule has 0 saturated carbocycles. The molecule has 0 radical (unpaired) electrons. The zero-order valence-corrected chi connectivity index (χ0v) is 11.5. The van der Waals surface area contributed by atoms with Crippen LogP contribution in [0.15, 0.2) is 24.3 Å². The van der Waals surface area contributed by atoms with Crippen molar-refractivity contribution in [1.82, 2.24) is 5.32 Å². The molecule has 100 valence electrons. The normalized spacial score (nSPS) is 11.9. The third-order valence-electron chi connectivity index (χ3n) is 3.06. The van der Waals surface area contributed by atoms with Crippen molar-refractivity contribution in [2.24, 2.45) is 5.92 Å². The minimum atomic E-state index is 0.104. The van der Waals surface area contributed by atoms with Crippen LogP contribution in [0.2, 0.25) is 0 Å². The number of methoxy groups -OCH3 is 1. The van der Waals surface area contributed by atoms with Crippen molar-refractivity contribution in [3.63, 3.8) is 0 Å². The number of carbonyl (C=O) groups excluding carboxylic acids is 1. The van der Waals surface area contributed by atoms with E-state index in [9.17, 15) is 4.79 Å². The summed E-state index contributed by atoms with van der Waals surface area (Å²) in [4.78, 5) is 11.7. The van der Waals surface area contributed by atoms with Gasteiger partial charge in [0.25, 0.3) is 0 Å². The molecule has 0 spiro atoms. The molecule has 3 heteroatoms. The fraction of sp³-hybridized carbons (Fsp3) is 0.533. The molecule has 0 fully saturated rings. The fourth-order valence-electron chi connectivity index (χ4n) is 1.97. The molecule has 0 bridgehead atoms. The lowest BCUT2D eigenvalue weighted by Crippen LogP contribution is -2.30. The lowest BCUT2D eigenvalue weighted by molar-refractivity contribution is -0.124. The number of benzene rings is 1. The topological polar surface area (TPSA) is 38.3 Å². The molecular formula is C15H23NO2. The Bertz CT molecular complexity index is 377. The van der Waals surface area contributed by atoms with Gasteiger partial charge in [-0.05, 0) is 24.5 Å². The molecule has 0 aliphatic heterocycles. The zero-order chi connectivity index (χ0) is 13.4. The zero-order valence-electron chi connectivity index (χ0n) is 11.5. The van der Waals surface area contributed by atoms with Gasteiger partial charge in [0, 0.05) is 12.5 Å². The first-order valence-electron chi connectivity index (χ1n) is 6.58. The Balaban J connectivity index is 2.39. The highest BCUT2D eigenvalue weighted by atomic mass is 16.5. The van der Waals surface area contributed by atoms with Gasteiger partial charge in [-0.15, -0.1) is 0 Å². The Morgan fingerprint density at radius 1 is 1.39 bits per heavy atom. The first-order valence-corrected chi connectivity index (χ1v) is 6.58. The molecule has 0 aliphatic rings. The molecule has 3 nitrogen and oxygen atoms in total. The van der Waals surface area contributed by atoms with Crippen LogP contribution in [-0.2, 0) is 11.2 Å². The lowest BCUT2D eigenvalue weighted by atomic mass is 10.1. The molecule has 1 aromatic rings. The predicted octanol–water partition coefficient (Wildman–Crippen LogP) is 2.79. The highest BCUT2D eigenvalue weighted by molar-refractivity contribution is 5.78. The number of ether oxygens (including phenoxy) is 1. The second kappa shape index (κ2) is 7.75. The number of carbonyl (C=O) groups is 1. The average Bonchev–Trinajstić information content (AvgIpc) is 2.39. The maximum Gasteiger partial charge on any atom is 0.222 e. The monoisotopic (exact) mass is 249 g/mol. The third-order valence-corrected chi connectivity index (χ3v) is 3.06. The van der Waals surface area contributed by atoms with Gasteiger partial charge in [0.2, 0.25) is 5.91 Å². The van der Waals surface area contributed by atoms with Crippen LogP contribution in [0.4, 0.5) is 0 Å². The number of nitrogens with one attached hydrogen (secondary N) is 1. The predicted molar refractivity (Wildman–Crippen MR) is 73.8 cm³/mol. The third kappa shape index (κ3) is 4.40. The van der Waals surface area contributed by atoms with Crippen LogP contribution >= 0.6 is 0 Å². The largest absolute Gasteiger partial charge is 0.496 e. The van der Waals surface area contributed by atoms with Gasteiger partial charge in [-0.25, -0.2) is 0 Å². The molecule has 0 aromatic heterocycles. The Hall–Kier alpha value is -1.51. The quantitative estimate of drug-likeness (QED) is 0.807. The summed E-state index contributed by atoms with van der Waals surface area (Å²) in [7, 11) is 1.67. The summed E-state index contributed by atoms with van der Waals surface area (Å²) < 4.78 is 5.28. The van der Waals surface area contributed by atoms with Crippen molar-refractivity contribution < 1.29 is 9.53 Å². The van der Waals surface area contributed by atoms with Crippen molar-refractivity contribution in [3.05, 3.63) is 29.8 Å². The van der Waals surface area contributed by atoms with Gasteiger partial charge in [-0.3, -0.25) is 4.79 Å². The standard InChI is InChI=1S/C15H23NO2/c1-4-7-12(2)15(17)16-11-10-13-8-5-6-9-14(13)18-3/h5-6,8-9,12H,4,7,10-11H2,1-3H3,(H,16,17). The van der Waals surface area contributed by atoms with Crippen molar-refractivity contribution in [3.8, 4) is 5.75 Å².